The van der Waals surface area contributed by atoms with Gasteiger partial charge in [0.2, 0.25) is 0 Å². The third-order valence-electron chi connectivity index (χ3n) is 2.22. The van der Waals surface area contributed by atoms with Crippen LogP contribution in [-0.4, -0.2) is 15.2 Å². The first-order valence-corrected chi connectivity index (χ1v) is 5.75. The molecule has 0 amide bonds. The van der Waals surface area contributed by atoms with Gasteiger partial charge >= 0.3 is 0 Å². The van der Waals surface area contributed by atoms with Crippen molar-refractivity contribution in [2.24, 2.45) is 0 Å². The van der Waals surface area contributed by atoms with Crippen molar-refractivity contribution in [2.45, 2.75) is 19.8 Å². The molecule has 2 aromatic rings. The highest BCUT2D eigenvalue weighted by Gasteiger charge is 2.12. The fourth-order valence-electron chi connectivity index (χ4n) is 1.32. The molecule has 0 bridgehead atoms. The maximum Gasteiger partial charge on any atom is 0.184 e. The largest absolute Gasteiger partial charge is 0.262 e. The van der Waals surface area contributed by atoms with E-state index in [-0.39, 0.29) is 11.7 Å². The Hall–Kier alpha value is -1.23. The summed E-state index contributed by atoms with van der Waals surface area (Å²) in [5, 5.41) is 6.81. The summed E-state index contributed by atoms with van der Waals surface area (Å²) in [6, 6.07) is 4.83. The minimum atomic E-state index is -0.330. The summed E-state index contributed by atoms with van der Waals surface area (Å²) in [6.07, 6.45) is 0. The van der Waals surface area contributed by atoms with Gasteiger partial charge in [-0.1, -0.05) is 29.8 Å². The summed E-state index contributed by atoms with van der Waals surface area (Å²) < 4.78 is 14.3. The molecule has 1 N–H and O–H groups in total. The molecule has 0 unspecified atom stereocenters. The number of hydrogen-bond acceptors (Lipinski definition) is 2. The lowest BCUT2D eigenvalue weighted by atomic mass is 10.2. The standard InChI is InChI=1S/C11H11BrFN3/c1-6(2)10-14-11(16-15-10)8-4-3-7(12)5-9(8)13/h3-6H,1-2H3,(H,14,15,16). The number of halogens is 2. The van der Waals surface area contributed by atoms with E-state index in [4.69, 9.17) is 0 Å². The lowest BCUT2D eigenvalue weighted by Crippen LogP contribution is -1.90. The second-order valence-corrected chi connectivity index (χ2v) is 4.74. The molecule has 3 nitrogen and oxygen atoms in total. The number of benzene rings is 1. The van der Waals surface area contributed by atoms with Gasteiger partial charge in [-0.05, 0) is 18.2 Å². The zero-order valence-corrected chi connectivity index (χ0v) is 10.5. The first-order valence-electron chi connectivity index (χ1n) is 4.95. The highest BCUT2D eigenvalue weighted by atomic mass is 79.9. The van der Waals surface area contributed by atoms with Crippen LogP contribution in [-0.2, 0) is 0 Å². The van der Waals surface area contributed by atoms with Gasteiger partial charge in [-0.2, -0.15) is 5.10 Å². The molecule has 5 heteroatoms. The first kappa shape index (κ1) is 11.3. The Morgan fingerprint density at radius 1 is 1.38 bits per heavy atom. The second-order valence-electron chi connectivity index (χ2n) is 3.82. The van der Waals surface area contributed by atoms with Crippen LogP contribution in [0.25, 0.3) is 11.4 Å². The van der Waals surface area contributed by atoms with Gasteiger partial charge in [0.05, 0.1) is 5.56 Å². The van der Waals surface area contributed by atoms with E-state index in [1.165, 1.54) is 6.07 Å². The van der Waals surface area contributed by atoms with Crippen LogP contribution >= 0.6 is 15.9 Å². The van der Waals surface area contributed by atoms with Crippen LogP contribution in [0.2, 0.25) is 0 Å². The lowest BCUT2D eigenvalue weighted by Gasteiger charge is -1.98. The molecule has 0 atom stereocenters. The molecule has 84 valence electrons. The molecule has 1 aromatic carbocycles. The van der Waals surface area contributed by atoms with Crippen molar-refractivity contribution in [1.82, 2.24) is 15.2 Å². The number of aromatic nitrogens is 3. The highest BCUT2D eigenvalue weighted by Crippen LogP contribution is 2.23. The monoisotopic (exact) mass is 283 g/mol. The van der Waals surface area contributed by atoms with E-state index in [1.54, 1.807) is 12.1 Å². The summed E-state index contributed by atoms with van der Waals surface area (Å²) in [6.45, 7) is 4.00. The van der Waals surface area contributed by atoms with E-state index >= 15 is 0 Å². The van der Waals surface area contributed by atoms with Crippen LogP contribution in [0.15, 0.2) is 22.7 Å². The summed E-state index contributed by atoms with van der Waals surface area (Å²) >= 11 is 3.21. The number of aromatic amines is 1. The predicted molar refractivity (Wildman–Crippen MR) is 63.6 cm³/mol. The van der Waals surface area contributed by atoms with Crippen molar-refractivity contribution in [3.63, 3.8) is 0 Å². The minimum absolute atomic E-state index is 0.250. The summed E-state index contributed by atoms with van der Waals surface area (Å²) in [5.41, 5.74) is 0.409. The normalized spacial score (nSPS) is 11.1. The van der Waals surface area contributed by atoms with Crippen molar-refractivity contribution in [3.8, 4) is 11.4 Å². The van der Waals surface area contributed by atoms with Crippen LogP contribution in [0.3, 0.4) is 0 Å². The Kier molecular flexibility index (Phi) is 3.05. The summed E-state index contributed by atoms with van der Waals surface area (Å²) in [7, 11) is 0. The Morgan fingerprint density at radius 2 is 2.12 bits per heavy atom. The molecule has 1 heterocycles. The Balaban J connectivity index is 2.42. The van der Waals surface area contributed by atoms with E-state index in [9.17, 15) is 4.39 Å². The molecule has 0 aliphatic heterocycles. The van der Waals surface area contributed by atoms with Crippen molar-refractivity contribution in [1.29, 1.82) is 0 Å². The molecule has 0 spiro atoms. The summed E-state index contributed by atoms with van der Waals surface area (Å²) in [4.78, 5) is 4.25. The average molecular weight is 284 g/mol. The molecular formula is C11H11BrFN3. The van der Waals surface area contributed by atoms with Crippen molar-refractivity contribution in [3.05, 3.63) is 34.3 Å². The number of nitrogens with one attached hydrogen (secondary N) is 1. The number of rotatable bonds is 2. The molecule has 2 rings (SSSR count). The molecular weight excluding hydrogens is 273 g/mol. The van der Waals surface area contributed by atoms with Gasteiger partial charge in [0.15, 0.2) is 5.82 Å². The van der Waals surface area contributed by atoms with Gasteiger partial charge in [-0.25, -0.2) is 9.37 Å². The van der Waals surface area contributed by atoms with Crippen LogP contribution in [0.5, 0.6) is 0 Å². The molecule has 0 aliphatic carbocycles. The van der Waals surface area contributed by atoms with Crippen LogP contribution in [0.4, 0.5) is 4.39 Å². The molecule has 0 fully saturated rings. The smallest absolute Gasteiger partial charge is 0.184 e. The van der Waals surface area contributed by atoms with Crippen molar-refractivity contribution in [2.75, 3.05) is 0 Å². The topological polar surface area (TPSA) is 41.6 Å². The van der Waals surface area contributed by atoms with E-state index in [1.807, 2.05) is 13.8 Å². The quantitative estimate of drug-likeness (QED) is 0.917. The third-order valence-corrected chi connectivity index (χ3v) is 2.71. The van der Waals surface area contributed by atoms with Gasteiger partial charge in [-0.15, -0.1) is 0 Å². The van der Waals surface area contributed by atoms with Crippen LogP contribution < -0.4 is 0 Å². The van der Waals surface area contributed by atoms with E-state index < -0.39 is 0 Å². The first-order chi connectivity index (χ1) is 7.58. The van der Waals surface area contributed by atoms with Gasteiger partial charge in [0.1, 0.15) is 11.6 Å². The molecule has 16 heavy (non-hydrogen) atoms. The fraction of sp³-hybridized carbons (Fsp3) is 0.273. The number of nitrogens with zero attached hydrogens (tertiary/aromatic N) is 2. The van der Waals surface area contributed by atoms with Gasteiger partial charge in [-0.3, -0.25) is 5.10 Å². The van der Waals surface area contributed by atoms with Gasteiger partial charge in [0, 0.05) is 10.4 Å². The molecule has 0 radical (unpaired) electrons. The summed E-state index contributed by atoms with van der Waals surface area (Å²) in [5.74, 6) is 1.08. The lowest BCUT2D eigenvalue weighted by molar-refractivity contribution is 0.629. The zero-order chi connectivity index (χ0) is 11.7. The Bertz CT molecular complexity index is 508. The van der Waals surface area contributed by atoms with Gasteiger partial charge in [0.25, 0.3) is 0 Å². The van der Waals surface area contributed by atoms with E-state index in [0.29, 0.717) is 15.9 Å². The zero-order valence-electron chi connectivity index (χ0n) is 8.96. The highest BCUT2D eigenvalue weighted by molar-refractivity contribution is 9.10. The molecule has 0 saturated carbocycles. The molecule has 0 aliphatic rings. The van der Waals surface area contributed by atoms with Crippen LogP contribution in [0.1, 0.15) is 25.6 Å². The fourth-order valence-corrected chi connectivity index (χ4v) is 1.66. The molecule has 0 saturated heterocycles. The van der Waals surface area contributed by atoms with E-state index in [0.717, 1.165) is 5.82 Å². The van der Waals surface area contributed by atoms with E-state index in [2.05, 4.69) is 31.1 Å². The van der Waals surface area contributed by atoms with Crippen molar-refractivity contribution >= 4 is 15.9 Å². The third kappa shape index (κ3) is 2.14. The maximum atomic E-state index is 13.6. The predicted octanol–water partition coefficient (Wildman–Crippen LogP) is 3.50. The van der Waals surface area contributed by atoms with Crippen LogP contribution in [0, 0.1) is 5.82 Å². The minimum Gasteiger partial charge on any atom is -0.262 e. The van der Waals surface area contributed by atoms with Crippen molar-refractivity contribution < 1.29 is 4.39 Å². The number of hydrogen-bond donors (Lipinski definition) is 1. The van der Waals surface area contributed by atoms with Gasteiger partial charge < -0.3 is 0 Å². The Morgan fingerprint density at radius 3 is 2.69 bits per heavy atom. The SMILES string of the molecule is CC(C)c1nc(-c2ccc(Br)cc2F)n[nH]1. The Labute approximate surface area is 101 Å². The maximum absolute atomic E-state index is 13.6. The second kappa shape index (κ2) is 4.33. The number of H-pyrrole nitrogens is 1. The average Bonchev–Trinajstić information content (AvgIpc) is 2.66. The molecule has 1 aromatic heterocycles.